The number of hydrogen-bond donors (Lipinski definition) is 1. The first-order valence-electron chi connectivity index (χ1n) is 10.1. The quantitative estimate of drug-likeness (QED) is 0.864. The van der Waals surface area contributed by atoms with Crippen molar-refractivity contribution in [2.45, 2.75) is 20.3 Å². The van der Waals surface area contributed by atoms with Crippen molar-refractivity contribution in [2.75, 3.05) is 36.4 Å². The van der Waals surface area contributed by atoms with Gasteiger partial charge in [-0.2, -0.15) is 0 Å². The van der Waals surface area contributed by atoms with Gasteiger partial charge in [-0.05, 0) is 55.7 Å². The normalized spacial score (nSPS) is 21.1. The summed E-state index contributed by atoms with van der Waals surface area (Å²) in [4.78, 5) is 29.1. The van der Waals surface area contributed by atoms with Crippen LogP contribution >= 0.6 is 0 Å². The van der Waals surface area contributed by atoms with Crippen molar-refractivity contribution in [2.24, 2.45) is 11.8 Å². The second-order valence-electron chi connectivity index (χ2n) is 8.08. The Hall–Kier alpha value is -2.89. The van der Waals surface area contributed by atoms with Gasteiger partial charge in [0.2, 0.25) is 11.8 Å². The minimum Gasteiger partial charge on any atom is -0.366 e. The van der Waals surface area contributed by atoms with Crippen molar-refractivity contribution < 1.29 is 14.0 Å². The number of anilines is 2. The minimum absolute atomic E-state index is 0.0405. The molecule has 2 amide bonds. The first-order valence-corrected chi connectivity index (χ1v) is 10.1. The summed E-state index contributed by atoms with van der Waals surface area (Å²) in [6, 6.07) is 12.6. The van der Waals surface area contributed by atoms with Crippen molar-refractivity contribution in [3.8, 4) is 0 Å². The van der Waals surface area contributed by atoms with E-state index in [1.54, 1.807) is 12.1 Å². The molecule has 1 heterocycles. The van der Waals surface area contributed by atoms with Crippen LogP contribution in [-0.4, -0.2) is 42.9 Å². The van der Waals surface area contributed by atoms with Gasteiger partial charge < -0.3 is 15.1 Å². The van der Waals surface area contributed by atoms with Gasteiger partial charge in [-0.15, -0.1) is 0 Å². The molecular weight excluding hydrogens is 369 g/mol. The molecule has 1 saturated heterocycles. The van der Waals surface area contributed by atoms with E-state index >= 15 is 0 Å². The minimum atomic E-state index is -0.257. The number of carbonyl (C=O) groups excluding carboxylic acids is 2. The number of hydrogen-bond acceptors (Lipinski definition) is 3. The first kappa shape index (κ1) is 19.4. The third kappa shape index (κ3) is 4.26. The molecule has 2 unspecified atom stereocenters. The molecule has 6 heteroatoms. The summed E-state index contributed by atoms with van der Waals surface area (Å²) in [7, 11) is 0. The highest BCUT2D eigenvalue weighted by atomic mass is 19.1. The number of benzene rings is 2. The van der Waals surface area contributed by atoms with Crippen molar-refractivity contribution in [3.05, 3.63) is 59.4 Å². The number of carbonyl (C=O) groups is 2. The first-order chi connectivity index (χ1) is 13.9. The Kier molecular flexibility index (Phi) is 5.26. The molecule has 0 bridgehead atoms. The summed E-state index contributed by atoms with van der Waals surface area (Å²) >= 11 is 0. The van der Waals surface area contributed by atoms with E-state index in [4.69, 9.17) is 0 Å². The van der Waals surface area contributed by atoms with Crippen molar-refractivity contribution >= 4 is 23.2 Å². The van der Waals surface area contributed by atoms with Crippen LogP contribution in [0.1, 0.15) is 17.5 Å². The van der Waals surface area contributed by atoms with E-state index in [0.29, 0.717) is 38.3 Å². The molecule has 29 heavy (non-hydrogen) atoms. The molecule has 2 fully saturated rings. The van der Waals surface area contributed by atoms with Crippen molar-refractivity contribution in [1.82, 2.24) is 4.90 Å². The Morgan fingerprint density at radius 1 is 0.966 bits per heavy atom. The molecular formula is C23H26FN3O2. The largest absolute Gasteiger partial charge is 0.366 e. The highest BCUT2D eigenvalue weighted by Gasteiger charge is 2.49. The van der Waals surface area contributed by atoms with E-state index in [2.05, 4.69) is 11.4 Å². The predicted molar refractivity (Wildman–Crippen MR) is 111 cm³/mol. The molecule has 0 aromatic heterocycles. The number of nitrogens with zero attached hydrogens (tertiary/aromatic N) is 2. The lowest BCUT2D eigenvalue weighted by Crippen LogP contribution is -2.49. The van der Waals surface area contributed by atoms with Crippen molar-refractivity contribution in [1.29, 1.82) is 0 Å². The molecule has 1 saturated carbocycles. The topological polar surface area (TPSA) is 52.7 Å². The maximum Gasteiger partial charge on any atom is 0.228 e. The SMILES string of the molecule is Cc1cc(C)cc(NC(=O)C2CC2C(=O)N2CCN(c3ccccc3F)CC2)c1. The second kappa shape index (κ2) is 7.85. The smallest absolute Gasteiger partial charge is 0.228 e. The molecule has 1 N–H and O–H groups in total. The van der Waals surface area contributed by atoms with Crippen molar-refractivity contribution in [3.63, 3.8) is 0 Å². The second-order valence-corrected chi connectivity index (χ2v) is 8.08. The fourth-order valence-electron chi connectivity index (χ4n) is 4.15. The van der Waals surface area contributed by atoms with Crippen LogP contribution < -0.4 is 10.2 Å². The molecule has 2 atom stereocenters. The average molecular weight is 395 g/mol. The predicted octanol–water partition coefficient (Wildman–Crippen LogP) is 3.37. The van der Waals surface area contributed by atoms with E-state index in [0.717, 1.165) is 16.8 Å². The standard InChI is InChI=1S/C23H26FN3O2/c1-15-11-16(2)13-17(12-15)25-22(28)18-14-19(18)23(29)27-9-7-26(8-10-27)21-6-4-3-5-20(21)24/h3-6,11-13,18-19H,7-10,14H2,1-2H3,(H,25,28). The zero-order chi connectivity index (χ0) is 20.5. The van der Waals surface area contributed by atoms with Crippen LogP contribution in [0.4, 0.5) is 15.8 Å². The van der Waals surface area contributed by atoms with Crippen LogP contribution in [0, 0.1) is 31.5 Å². The maximum atomic E-state index is 14.0. The lowest BCUT2D eigenvalue weighted by Gasteiger charge is -2.36. The fourth-order valence-corrected chi connectivity index (χ4v) is 4.15. The van der Waals surface area contributed by atoms with E-state index in [-0.39, 0.29) is 29.5 Å². The molecule has 1 aliphatic heterocycles. The molecule has 0 radical (unpaired) electrons. The van der Waals surface area contributed by atoms with E-state index in [9.17, 15) is 14.0 Å². The number of piperazine rings is 1. The van der Waals surface area contributed by atoms with Gasteiger partial charge in [-0.1, -0.05) is 18.2 Å². The fraction of sp³-hybridized carbons (Fsp3) is 0.391. The molecule has 152 valence electrons. The third-order valence-electron chi connectivity index (χ3n) is 5.72. The van der Waals surface area contributed by atoms with E-state index in [1.165, 1.54) is 6.07 Å². The Labute approximate surface area is 170 Å². The molecule has 2 aromatic carbocycles. The highest BCUT2D eigenvalue weighted by Crippen LogP contribution is 2.41. The summed E-state index contributed by atoms with van der Waals surface area (Å²) in [6.45, 7) is 6.28. The zero-order valence-electron chi connectivity index (χ0n) is 16.8. The summed E-state index contributed by atoms with van der Waals surface area (Å²) in [6.07, 6.45) is 0.600. The van der Waals surface area contributed by atoms with Crippen LogP contribution in [0.25, 0.3) is 0 Å². The van der Waals surface area contributed by atoms with Gasteiger partial charge in [0, 0.05) is 31.9 Å². The van der Waals surface area contributed by atoms with Gasteiger partial charge in [0.15, 0.2) is 0 Å². The summed E-state index contributed by atoms with van der Waals surface area (Å²) in [5.74, 6) is -0.775. The summed E-state index contributed by atoms with van der Waals surface area (Å²) < 4.78 is 14.0. The van der Waals surface area contributed by atoms with Gasteiger partial charge in [-0.25, -0.2) is 4.39 Å². The molecule has 5 nitrogen and oxygen atoms in total. The number of amides is 2. The highest BCUT2D eigenvalue weighted by molar-refractivity contribution is 5.99. The van der Waals surface area contributed by atoms with Gasteiger partial charge in [0.1, 0.15) is 5.82 Å². The van der Waals surface area contributed by atoms with Gasteiger partial charge in [-0.3, -0.25) is 9.59 Å². The Balaban J connectivity index is 1.30. The number of aryl methyl sites for hydroxylation is 2. The Morgan fingerprint density at radius 3 is 2.28 bits per heavy atom. The average Bonchev–Trinajstić information content (AvgIpc) is 3.48. The van der Waals surface area contributed by atoms with Crippen LogP contribution in [0.5, 0.6) is 0 Å². The van der Waals surface area contributed by atoms with E-state index in [1.807, 2.05) is 41.8 Å². The lowest BCUT2D eigenvalue weighted by atomic mass is 10.1. The molecule has 2 aromatic rings. The molecule has 1 aliphatic carbocycles. The number of para-hydroxylation sites is 1. The van der Waals surface area contributed by atoms with Gasteiger partial charge in [0.25, 0.3) is 0 Å². The summed E-state index contributed by atoms with van der Waals surface area (Å²) in [5.41, 5.74) is 3.55. The van der Waals surface area contributed by atoms with Crippen LogP contribution in [0.2, 0.25) is 0 Å². The van der Waals surface area contributed by atoms with Gasteiger partial charge >= 0.3 is 0 Å². The number of nitrogens with one attached hydrogen (secondary N) is 1. The van der Waals surface area contributed by atoms with Crippen LogP contribution in [-0.2, 0) is 9.59 Å². The Bertz CT molecular complexity index is 917. The monoisotopic (exact) mass is 395 g/mol. The molecule has 2 aliphatic rings. The van der Waals surface area contributed by atoms with E-state index < -0.39 is 0 Å². The summed E-state index contributed by atoms with van der Waals surface area (Å²) in [5, 5.41) is 2.95. The number of rotatable bonds is 4. The van der Waals surface area contributed by atoms with Crippen LogP contribution in [0.3, 0.4) is 0 Å². The Morgan fingerprint density at radius 2 is 1.62 bits per heavy atom. The molecule has 4 rings (SSSR count). The molecule has 0 spiro atoms. The number of halogens is 1. The maximum absolute atomic E-state index is 14.0. The van der Waals surface area contributed by atoms with Gasteiger partial charge in [0.05, 0.1) is 17.5 Å². The third-order valence-corrected chi connectivity index (χ3v) is 5.72. The van der Waals surface area contributed by atoms with Crippen LogP contribution in [0.15, 0.2) is 42.5 Å². The lowest BCUT2D eigenvalue weighted by molar-refractivity contribution is -0.134. The zero-order valence-corrected chi connectivity index (χ0v) is 16.8.